The van der Waals surface area contributed by atoms with Crippen molar-refractivity contribution in [3.8, 4) is 89.0 Å². The SMILES string of the molecule is c1ccc(-c2cccc(-c3ccccc3)c2SSc2c(-c3ccccc3)cccc2-c2ccccc2)cc1.c1ccc(-c2cccc(-c3ccccc3)c2SSc2c(-c3ccccc3)cccc2-c2ccccc2)cc1. The Balaban J connectivity index is 0.000000162. The predicted octanol–water partition coefficient (Wildman–Crippen LogP) is 22.3. The summed E-state index contributed by atoms with van der Waals surface area (Å²) in [5, 5.41) is 0. The van der Waals surface area contributed by atoms with E-state index in [9.17, 15) is 0 Å². The average Bonchev–Trinajstić information content (AvgIpc) is 3.51. The summed E-state index contributed by atoms with van der Waals surface area (Å²) in [5.74, 6) is 0. The molecule has 4 heteroatoms. The van der Waals surface area contributed by atoms with Gasteiger partial charge in [0.25, 0.3) is 0 Å². The maximum absolute atomic E-state index is 2.24. The molecule has 0 aliphatic rings. The third kappa shape index (κ3) is 11.8. The first-order chi connectivity index (χ1) is 37.8. The van der Waals surface area contributed by atoms with E-state index in [4.69, 9.17) is 0 Å². The molecular weight excluding hydrogens is 993 g/mol. The molecule has 0 aliphatic carbocycles. The fourth-order valence-electron chi connectivity index (χ4n) is 9.43. The largest absolute Gasteiger partial charge is 0.0622 e. The van der Waals surface area contributed by atoms with E-state index < -0.39 is 0 Å². The zero-order valence-electron chi connectivity index (χ0n) is 41.7. The number of hydrogen-bond donors (Lipinski definition) is 0. The zero-order valence-corrected chi connectivity index (χ0v) is 44.9. The summed E-state index contributed by atoms with van der Waals surface area (Å²) >= 11 is 0. The summed E-state index contributed by atoms with van der Waals surface area (Å²) in [6.45, 7) is 0. The summed E-state index contributed by atoms with van der Waals surface area (Å²) < 4.78 is 0. The smallest absolute Gasteiger partial charge is 0.0343 e. The van der Waals surface area contributed by atoms with Gasteiger partial charge >= 0.3 is 0 Å². The van der Waals surface area contributed by atoms with Gasteiger partial charge in [0.1, 0.15) is 0 Å². The molecule has 0 heterocycles. The Morgan fingerprint density at radius 2 is 0.237 bits per heavy atom. The highest BCUT2D eigenvalue weighted by Crippen LogP contribution is 2.53. The third-order valence-corrected chi connectivity index (χ3v) is 18.2. The van der Waals surface area contributed by atoms with Crippen molar-refractivity contribution in [3.05, 3.63) is 315 Å². The van der Waals surface area contributed by atoms with Gasteiger partial charge in [-0.15, -0.1) is 0 Å². The fourth-order valence-corrected chi connectivity index (χ4v) is 15.1. The van der Waals surface area contributed by atoms with E-state index in [-0.39, 0.29) is 0 Å². The van der Waals surface area contributed by atoms with Crippen molar-refractivity contribution < 1.29 is 0 Å². The topological polar surface area (TPSA) is 0 Å². The monoisotopic (exact) mass is 1040 g/mol. The second-order valence-corrected chi connectivity index (χ2v) is 22.3. The van der Waals surface area contributed by atoms with Crippen LogP contribution < -0.4 is 0 Å². The molecule has 0 saturated heterocycles. The Morgan fingerprint density at radius 1 is 0.118 bits per heavy atom. The van der Waals surface area contributed by atoms with Crippen LogP contribution in [-0.2, 0) is 0 Å². The Kier molecular flexibility index (Phi) is 16.5. The Bertz CT molecular complexity index is 3020. The molecule has 0 atom stereocenters. The molecule has 364 valence electrons. The predicted molar refractivity (Wildman–Crippen MR) is 333 cm³/mol. The highest BCUT2D eigenvalue weighted by molar-refractivity contribution is 8.77. The van der Waals surface area contributed by atoms with Crippen molar-refractivity contribution in [2.45, 2.75) is 19.6 Å². The van der Waals surface area contributed by atoms with Crippen molar-refractivity contribution in [2.24, 2.45) is 0 Å². The summed E-state index contributed by atoms with van der Waals surface area (Å²) in [6, 6.07) is 112. The van der Waals surface area contributed by atoms with Gasteiger partial charge < -0.3 is 0 Å². The molecule has 0 N–H and O–H groups in total. The molecule has 0 aliphatic heterocycles. The van der Waals surface area contributed by atoms with E-state index in [1.165, 1.54) is 109 Å². The Morgan fingerprint density at radius 3 is 0.355 bits per heavy atom. The van der Waals surface area contributed by atoms with Gasteiger partial charge in [-0.1, -0.05) is 359 Å². The van der Waals surface area contributed by atoms with Crippen molar-refractivity contribution >= 4 is 43.2 Å². The molecule has 0 nitrogen and oxygen atoms in total. The normalized spacial score (nSPS) is 10.8. The van der Waals surface area contributed by atoms with E-state index in [1.54, 1.807) is 0 Å². The van der Waals surface area contributed by atoms with Gasteiger partial charge in [0.2, 0.25) is 0 Å². The van der Waals surface area contributed by atoms with E-state index in [0.29, 0.717) is 0 Å². The molecule has 76 heavy (non-hydrogen) atoms. The summed E-state index contributed by atoms with van der Waals surface area (Å²) in [7, 11) is 7.40. The fraction of sp³-hybridized carbons (Fsp3) is 0. The molecule has 0 fully saturated rings. The molecule has 0 spiro atoms. The highest BCUT2D eigenvalue weighted by Gasteiger charge is 2.20. The Hall–Kier alpha value is -7.96. The lowest BCUT2D eigenvalue weighted by Gasteiger charge is -2.18. The molecule has 0 saturated carbocycles. The minimum atomic E-state index is 1.23. The van der Waals surface area contributed by atoms with Crippen LogP contribution in [0.1, 0.15) is 0 Å². The second-order valence-electron chi connectivity index (χ2n) is 18.0. The van der Waals surface area contributed by atoms with Crippen molar-refractivity contribution in [1.82, 2.24) is 0 Å². The van der Waals surface area contributed by atoms with Crippen molar-refractivity contribution in [3.63, 3.8) is 0 Å². The van der Waals surface area contributed by atoms with E-state index >= 15 is 0 Å². The first kappa shape index (κ1) is 50.2. The van der Waals surface area contributed by atoms with Gasteiger partial charge in [-0.3, -0.25) is 0 Å². The molecule has 12 rings (SSSR count). The van der Waals surface area contributed by atoms with Gasteiger partial charge in [0.05, 0.1) is 0 Å². The van der Waals surface area contributed by atoms with Gasteiger partial charge in [0, 0.05) is 19.6 Å². The zero-order chi connectivity index (χ0) is 51.1. The van der Waals surface area contributed by atoms with Crippen LogP contribution in [0.2, 0.25) is 0 Å². The van der Waals surface area contributed by atoms with Crippen LogP contribution in [0.3, 0.4) is 0 Å². The molecule has 0 radical (unpaired) electrons. The lowest BCUT2D eigenvalue weighted by molar-refractivity contribution is 1.43. The first-order valence-electron chi connectivity index (χ1n) is 25.4. The van der Waals surface area contributed by atoms with E-state index in [2.05, 4.69) is 315 Å². The first-order valence-corrected chi connectivity index (χ1v) is 29.7. The van der Waals surface area contributed by atoms with Crippen LogP contribution in [0.4, 0.5) is 0 Å². The third-order valence-electron chi connectivity index (χ3n) is 13.2. The second kappa shape index (κ2) is 25.0. The lowest BCUT2D eigenvalue weighted by atomic mass is 9.99. The minimum Gasteiger partial charge on any atom is -0.0622 e. The number of benzene rings is 12. The van der Waals surface area contributed by atoms with Crippen LogP contribution in [0.25, 0.3) is 89.0 Å². The van der Waals surface area contributed by atoms with Crippen LogP contribution in [0, 0.1) is 0 Å². The van der Waals surface area contributed by atoms with Crippen LogP contribution >= 0.6 is 43.2 Å². The molecule has 0 unspecified atom stereocenters. The van der Waals surface area contributed by atoms with E-state index in [1.807, 2.05) is 43.2 Å². The van der Waals surface area contributed by atoms with Crippen LogP contribution in [-0.4, -0.2) is 0 Å². The highest BCUT2D eigenvalue weighted by atomic mass is 33.1. The summed E-state index contributed by atoms with van der Waals surface area (Å²) in [4.78, 5) is 5.10. The minimum absolute atomic E-state index is 1.23. The standard InChI is InChI=1S/2C36H26S2/c2*1-5-15-27(16-6-1)31-23-13-24-32(28-17-7-2-8-18-28)35(31)37-38-36-33(29-19-9-3-10-20-29)25-14-26-34(36)30-21-11-4-12-22-30/h2*1-26H. The van der Waals surface area contributed by atoms with Gasteiger partial charge in [-0.05, 0) is 89.0 Å². The maximum Gasteiger partial charge on any atom is 0.0343 e. The van der Waals surface area contributed by atoms with Gasteiger partial charge in [0.15, 0.2) is 0 Å². The summed E-state index contributed by atoms with van der Waals surface area (Å²) in [6.07, 6.45) is 0. The van der Waals surface area contributed by atoms with Gasteiger partial charge in [-0.25, -0.2) is 0 Å². The van der Waals surface area contributed by atoms with Gasteiger partial charge in [-0.2, -0.15) is 0 Å². The maximum atomic E-state index is 2.24. The average molecular weight is 1050 g/mol. The summed E-state index contributed by atoms with van der Waals surface area (Å²) in [5.41, 5.74) is 19.9. The number of hydrogen-bond acceptors (Lipinski definition) is 4. The molecule has 12 aromatic rings. The van der Waals surface area contributed by atoms with Crippen molar-refractivity contribution in [1.29, 1.82) is 0 Å². The van der Waals surface area contributed by atoms with E-state index in [0.717, 1.165) is 0 Å². The quantitative estimate of drug-likeness (QED) is 0.0995. The molecule has 0 amide bonds. The molecular formula is C72H52S4. The van der Waals surface area contributed by atoms with Crippen LogP contribution in [0.15, 0.2) is 335 Å². The Labute approximate surface area is 463 Å². The van der Waals surface area contributed by atoms with Crippen molar-refractivity contribution in [2.75, 3.05) is 0 Å². The molecule has 0 aromatic heterocycles. The molecule has 12 aromatic carbocycles. The molecule has 0 bridgehead atoms. The van der Waals surface area contributed by atoms with Crippen LogP contribution in [0.5, 0.6) is 0 Å². The lowest BCUT2D eigenvalue weighted by Crippen LogP contribution is -1.89. The number of rotatable bonds is 14.